The van der Waals surface area contributed by atoms with Gasteiger partial charge in [0.2, 0.25) is 17.8 Å². The van der Waals surface area contributed by atoms with Gasteiger partial charge in [-0.3, -0.25) is 9.59 Å². The van der Waals surface area contributed by atoms with E-state index in [1.807, 2.05) is 43.3 Å². The molecule has 1 aromatic carbocycles. The molecule has 1 atom stereocenters. The van der Waals surface area contributed by atoms with Crippen molar-refractivity contribution >= 4 is 23.7 Å². The Bertz CT molecular complexity index is 808. The van der Waals surface area contributed by atoms with Gasteiger partial charge in [-0.25, -0.2) is 9.58 Å². The standard InChI is InChI=1S/C16H15N5O2/c1-10-9-12(11-5-3-2-4-6-11)21-15(17-10)18-16(19-21)20-13(22)7-8-14(20)23/h2-6,9,12H,7-8H2,1H3,(H,17,18,19). The molecule has 1 aromatic heterocycles. The normalized spacial score (nSPS) is 20.3. The molecule has 2 aliphatic heterocycles. The second kappa shape index (κ2) is 5.05. The minimum absolute atomic E-state index is 0.124. The van der Waals surface area contributed by atoms with Crippen LogP contribution in [0.3, 0.4) is 0 Å². The Labute approximate surface area is 132 Å². The van der Waals surface area contributed by atoms with E-state index in [0.717, 1.165) is 16.2 Å². The molecule has 4 rings (SSSR count). The lowest BCUT2D eigenvalue weighted by Gasteiger charge is -2.22. The Morgan fingerprint density at radius 3 is 2.52 bits per heavy atom. The van der Waals surface area contributed by atoms with Crippen molar-refractivity contribution in [2.45, 2.75) is 25.8 Å². The van der Waals surface area contributed by atoms with Crippen molar-refractivity contribution in [1.82, 2.24) is 14.8 Å². The van der Waals surface area contributed by atoms with Crippen molar-refractivity contribution in [2.24, 2.45) is 0 Å². The molecular weight excluding hydrogens is 294 g/mol. The highest BCUT2D eigenvalue weighted by molar-refractivity contribution is 6.18. The number of anilines is 2. The average Bonchev–Trinajstić information content (AvgIpc) is 3.10. The fraction of sp³-hybridized carbons (Fsp3) is 0.250. The number of nitrogens with one attached hydrogen (secondary N) is 1. The number of aromatic nitrogens is 3. The van der Waals surface area contributed by atoms with Crippen molar-refractivity contribution in [3.8, 4) is 0 Å². The molecule has 2 aromatic rings. The van der Waals surface area contributed by atoms with Gasteiger partial charge >= 0.3 is 0 Å². The predicted octanol–water partition coefficient (Wildman–Crippen LogP) is 1.85. The smallest absolute Gasteiger partial charge is 0.260 e. The highest BCUT2D eigenvalue weighted by Crippen LogP contribution is 2.31. The third-order valence-corrected chi connectivity index (χ3v) is 3.99. The first-order valence-corrected chi connectivity index (χ1v) is 7.46. The zero-order chi connectivity index (χ0) is 16.0. The van der Waals surface area contributed by atoms with Gasteiger partial charge in [0.25, 0.3) is 5.95 Å². The van der Waals surface area contributed by atoms with Gasteiger partial charge in [0, 0.05) is 18.5 Å². The number of hydrogen-bond acceptors (Lipinski definition) is 5. The molecule has 1 fully saturated rings. The Hall–Kier alpha value is -2.96. The lowest BCUT2D eigenvalue weighted by molar-refractivity contribution is -0.121. The fourth-order valence-electron chi connectivity index (χ4n) is 2.90. The molecule has 2 aliphatic rings. The lowest BCUT2D eigenvalue weighted by Crippen LogP contribution is -2.29. The van der Waals surface area contributed by atoms with Crippen LogP contribution in [0.4, 0.5) is 11.9 Å². The van der Waals surface area contributed by atoms with Crippen molar-refractivity contribution in [3.05, 3.63) is 47.7 Å². The van der Waals surface area contributed by atoms with Crippen LogP contribution in [0, 0.1) is 0 Å². The molecule has 0 radical (unpaired) electrons. The summed E-state index contributed by atoms with van der Waals surface area (Å²) in [6.45, 7) is 1.94. The van der Waals surface area contributed by atoms with Crippen LogP contribution in [-0.2, 0) is 9.59 Å². The number of imide groups is 1. The summed E-state index contributed by atoms with van der Waals surface area (Å²) >= 11 is 0. The van der Waals surface area contributed by atoms with Crippen molar-refractivity contribution < 1.29 is 9.59 Å². The molecule has 2 amide bonds. The van der Waals surface area contributed by atoms with Crippen LogP contribution in [-0.4, -0.2) is 26.6 Å². The number of amides is 2. The fourth-order valence-corrected chi connectivity index (χ4v) is 2.90. The zero-order valence-electron chi connectivity index (χ0n) is 12.6. The van der Waals surface area contributed by atoms with Crippen LogP contribution in [0.2, 0.25) is 0 Å². The number of nitrogens with zero attached hydrogens (tertiary/aromatic N) is 4. The van der Waals surface area contributed by atoms with Crippen LogP contribution >= 0.6 is 0 Å². The van der Waals surface area contributed by atoms with Crippen LogP contribution in [0.1, 0.15) is 31.4 Å². The molecule has 0 spiro atoms. The van der Waals surface area contributed by atoms with Crippen molar-refractivity contribution in [3.63, 3.8) is 0 Å². The number of allylic oxidation sites excluding steroid dienone is 2. The van der Waals surface area contributed by atoms with Gasteiger partial charge in [-0.2, -0.15) is 4.98 Å². The average molecular weight is 309 g/mol. The van der Waals surface area contributed by atoms with Crippen LogP contribution < -0.4 is 10.2 Å². The molecule has 1 saturated heterocycles. The maximum atomic E-state index is 11.9. The quantitative estimate of drug-likeness (QED) is 0.856. The number of carbonyl (C=O) groups is 2. The SMILES string of the molecule is CC1=CC(c2ccccc2)n2nc(N3C(=O)CCC3=O)nc2N1. The lowest BCUT2D eigenvalue weighted by atomic mass is 10.1. The Kier molecular flexibility index (Phi) is 3.00. The second-order valence-electron chi connectivity index (χ2n) is 5.63. The minimum atomic E-state index is -0.251. The Balaban J connectivity index is 1.78. The number of rotatable bonds is 2. The third kappa shape index (κ3) is 2.21. The summed E-state index contributed by atoms with van der Waals surface area (Å²) in [6, 6.07) is 9.78. The first-order chi connectivity index (χ1) is 11.1. The van der Waals surface area contributed by atoms with E-state index in [2.05, 4.69) is 15.4 Å². The molecule has 7 heteroatoms. The summed E-state index contributed by atoms with van der Waals surface area (Å²) in [7, 11) is 0. The summed E-state index contributed by atoms with van der Waals surface area (Å²) in [4.78, 5) is 29.2. The summed E-state index contributed by atoms with van der Waals surface area (Å²) < 4.78 is 1.70. The molecule has 0 saturated carbocycles. The molecule has 3 heterocycles. The summed E-state index contributed by atoms with van der Waals surface area (Å²) in [5.74, 6) is 0.170. The van der Waals surface area contributed by atoms with E-state index in [4.69, 9.17) is 0 Å². The highest BCUT2D eigenvalue weighted by atomic mass is 16.2. The molecule has 0 bridgehead atoms. The van der Waals surface area contributed by atoms with Gasteiger partial charge in [-0.15, -0.1) is 5.10 Å². The molecule has 1 unspecified atom stereocenters. The van der Waals surface area contributed by atoms with Crippen LogP contribution in [0.25, 0.3) is 0 Å². The van der Waals surface area contributed by atoms with Crippen molar-refractivity contribution in [2.75, 3.05) is 10.2 Å². The van der Waals surface area contributed by atoms with Gasteiger partial charge in [0.15, 0.2) is 0 Å². The molecular formula is C16H15N5O2. The minimum Gasteiger partial charge on any atom is -0.329 e. The first-order valence-electron chi connectivity index (χ1n) is 7.46. The van der Waals surface area contributed by atoms with Gasteiger partial charge in [-0.1, -0.05) is 30.3 Å². The maximum Gasteiger partial charge on any atom is 0.260 e. The molecule has 0 aliphatic carbocycles. The molecule has 23 heavy (non-hydrogen) atoms. The van der Waals surface area contributed by atoms with E-state index >= 15 is 0 Å². The van der Waals surface area contributed by atoms with Gasteiger partial charge in [-0.05, 0) is 18.6 Å². The van der Waals surface area contributed by atoms with Crippen LogP contribution in [0.15, 0.2) is 42.1 Å². The summed E-state index contributed by atoms with van der Waals surface area (Å²) in [5.41, 5.74) is 2.01. The predicted molar refractivity (Wildman–Crippen MR) is 83.7 cm³/mol. The Morgan fingerprint density at radius 2 is 1.83 bits per heavy atom. The topological polar surface area (TPSA) is 80.1 Å². The monoisotopic (exact) mass is 309 g/mol. The first kappa shape index (κ1) is 13.7. The van der Waals surface area contributed by atoms with E-state index in [1.54, 1.807) is 4.68 Å². The number of carbonyl (C=O) groups excluding carboxylic acids is 2. The largest absolute Gasteiger partial charge is 0.329 e. The highest BCUT2D eigenvalue weighted by Gasteiger charge is 2.35. The number of fused-ring (bicyclic) bond motifs is 1. The van der Waals surface area contributed by atoms with E-state index in [1.165, 1.54) is 0 Å². The Morgan fingerprint density at radius 1 is 1.13 bits per heavy atom. The number of hydrogen-bond donors (Lipinski definition) is 1. The third-order valence-electron chi connectivity index (χ3n) is 3.99. The number of benzene rings is 1. The zero-order valence-corrected chi connectivity index (χ0v) is 12.6. The molecule has 1 N–H and O–H groups in total. The van der Waals surface area contributed by atoms with E-state index in [9.17, 15) is 9.59 Å². The van der Waals surface area contributed by atoms with Gasteiger partial charge in [0.05, 0.1) is 0 Å². The molecule has 116 valence electrons. The van der Waals surface area contributed by atoms with E-state index in [0.29, 0.717) is 5.95 Å². The molecule has 7 nitrogen and oxygen atoms in total. The maximum absolute atomic E-state index is 11.9. The summed E-state index contributed by atoms with van der Waals surface area (Å²) in [6.07, 6.45) is 2.47. The van der Waals surface area contributed by atoms with Gasteiger partial charge < -0.3 is 5.32 Å². The van der Waals surface area contributed by atoms with Gasteiger partial charge in [0.1, 0.15) is 6.04 Å². The second-order valence-corrected chi connectivity index (χ2v) is 5.63. The van der Waals surface area contributed by atoms with Crippen LogP contribution in [0.5, 0.6) is 0 Å². The van der Waals surface area contributed by atoms with Crippen molar-refractivity contribution in [1.29, 1.82) is 0 Å². The summed E-state index contributed by atoms with van der Waals surface area (Å²) in [5, 5.41) is 7.54. The van der Waals surface area contributed by atoms with E-state index in [-0.39, 0.29) is 36.6 Å². The van der Waals surface area contributed by atoms with E-state index < -0.39 is 0 Å².